The molecule has 20 heavy (non-hydrogen) atoms. The lowest BCUT2D eigenvalue weighted by atomic mass is 10.0. The molecular weight excluding hydrogens is 250 g/mol. The maximum absolute atomic E-state index is 11.9. The van der Waals surface area contributed by atoms with Crippen molar-refractivity contribution in [3.63, 3.8) is 0 Å². The first kappa shape index (κ1) is 15.8. The van der Waals surface area contributed by atoms with Gasteiger partial charge >= 0.3 is 0 Å². The molecule has 1 atom stereocenters. The fourth-order valence-electron chi connectivity index (χ4n) is 2.13. The molecule has 0 aliphatic carbocycles. The number of hydrogen-bond donors (Lipinski definition) is 3. The van der Waals surface area contributed by atoms with Crippen LogP contribution >= 0.6 is 0 Å². The minimum Gasteiger partial charge on any atom is -0.399 e. The Morgan fingerprint density at radius 1 is 1.50 bits per heavy atom. The molecule has 108 valence electrons. The van der Waals surface area contributed by atoms with Gasteiger partial charge < -0.3 is 16.4 Å². The smallest absolute Gasteiger partial charge is 0.242 e. The molecule has 1 unspecified atom stereocenters. The lowest BCUT2D eigenvalue weighted by molar-refractivity contribution is -0.121. The number of hydrogen-bond acceptors (Lipinski definition) is 3. The van der Waals surface area contributed by atoms with Crippen LogP contribution in [0.15, 0.2) is 37.4 Å². The number of carbonyl (C=O) groups excluding carboxylic acids is 1. The first-order valence-corrected chi connectivity index (χ1v) is 6.64. The van der Waals surface area contributed by atoms with Crippen LogP contribution in [-0.2, 0) is 4.79 Å². The molecule has 0 aliphatic heterocycles. The molecule has 0 bridgehead atoms. The van der Waals surface area contributed by atoms with Crippen LogP contribution in [0.25, 0.3) is 5.70 Å². The number of aryl methyl sites for hydroxylation is 1. The Bertz CT molecular complexity index is 508. The highest BCUT2D eigenvalue weighted by molar-refractivity contribution is 5.86. The van der Waals surface area contributed by atoms with Crippen LogP contribution in [-0.4, -0.2) is 19.0 Å². The summed E-state index contributed by atoms with van der Waals surface area (Å²) in [6, 6.07) is 5.48. The molecular formula is C16H23N3O. The van der Waals surface area contributed by atoms with Crippen molar-refractivity contribution in [2.24, 2.45) is 5.73 Å². The molecule has 1 amide bonds. The molecule has 4 nitrogen and oxygen atoms in total. The van der Waals surface area contributed by atoms with Crippen molar-refractivity contribution < 1.29 is 4.79 Å². The third kappa shape index (κ3) is 3.88. The number of nitrogens with two attached hydrogens (primary N) is 1. The summed E-state index contributed by atoms with van der Waals surface area (Å²) < 4.78 is 0. The predicted octanol–water partition coefficient (Wildman–Crippen LogP) is 2.42. The van der Waals surface area contributed by atoms with Crippen LogP contribution in [0.2, 0.25) is 0 Å². The van der Waals surface area contributed by atoms with Crippen molar-refractivity contribution in [2.45, 2.75) is 25.8 Å². The minimum atomic E-state index is -0.321. The summed E-state index contributed by atoms with van der Waals surface area (Å²) in [5.74, 6) is -0.0538. The molecule has 4 N–H and O–H groups in total. The first-order chi connectivity index (χ1) is 9.51. The number of nitrogens with one attached hydrogen (secondary N) is 2. The standard InChI is InChI=1S/C16H23N3O/c1-5-6-9-14(16(20)18-4)19-13-10-7-8-11(2)15(13)12(3)17/h5,7-8,10,14,19H,1,3,6,9,17H2,2,4H3,(H,18,20). The Hall–Kier alpha value is -2.23. The number of allylic oxidation sites excluding steroid dienone is 1. The Morgan fingerprint density at radius 2 is 2.20 bits per heavy atom. The molecule has 0 saturated heterocycles. The van der Waals surface area contributed by atoms with Crippen LogP contribution in [0.5, 0.6) is 0 Å². The van der Waals surface area contributed by atoms with Crippen molar-refractivity contribution in [1.29, 1.82) is 0 Å². The van der Waals surface area contributed by atoms with Crippen LogP contribution in [0.1, 0.15) is 24.0 Å². The summed E-state index contributed by atoms with van der Waals surface area (Å²) in [5.41, 5.74) is 9.06. The quantitative estimate of drug-likeness (QED) is 0.668. The molecule has 0 radical (unpaired) electrons. The summed E-state index contributed by atoms with van der Waals surface area (Å²) in [7, 11) is 1.63. The van der Waals surface area contributed by atoms with E-state index in [1.165, 1.54) is 0 Å². The van der Waals surface area contributed by atoms with Gasteiger partial charge in [0, 0.05) is 24.0 Å². The lowest BCUT2D eigenvalue weighted by Gasteiger charge is -2.21. The van der Waals surface area contributed by atoms with Gasteiger partial charge in [-0.25, -0.2) is 0 Å². The fraction of sp³-hybridized carbons (Fsp3) is 0.312. The molecule has 1 aromatic carbocycles. The van der Waals surface area contributed by atoms with E-state index in [0.717, 1.165) is 23.2 Å². The number of anilines is 1. The van der Waals surface area contributed by atoms with Crippen molar-refractivity contribution in [3.8, 4) is 0 Å². The zero-order chi connectivity index (χ0) is 15.1. The third-order valence-corrected chi connectivity index (χ3v) is 3.15. The summed E-state index contributed by atoms with van der Waals surface area (Å²) in [5, 5.41) is 5.92. The number of rotatable bonds is 7. The summed E-state index contributed by atoms with van der Waals surface area (Å²) in [6.45, 7) is 9.46. The number of carbonyl (C=O) groups is 1. The van der Waals surface area contributed by atoms with Crippen molar-refractivity contribution in [1.82, 2.24) is 5.32 Å². The highest BCUT2D eigenvalue weighted by Gasteiger charge is 2.18. The Balaban J connectivity index is 3.04. The maximum Gasteiger partial charge on any atom is 0.242 e. The van der Waals surface area contributed by atoms with E-state index in [9.17, 15) is 4.79 Å². The van der Waals surface area contributed by atoms with E-state index >= 15 is 0 Å². The zero-order valence-electron chi connectivity index (χ0n) is 12.2. The van der Waals surface area contributed by atoms with E-state index in [2.05, 4.69) is 23.8 Å². The largest absolute Gasteiger partial charge is 0.399 e. The molecule has 1 aromatic rings. The normalized spacial score (nSPS) is 11.5. The van der Waals surface area contributed by atoms with Gasteiger partial charge in [0.1, 0.15) is 6.04 Å². The Kier molecular flexibility index (Phi) is 5.84. The summed E-state index contributed by atoms with van der Waals surface area (Å²) in [6.07, 6.45) is 3.24. The molecule has 0 heterocycles. The van der Waals surface area contributed by atoms with Gasteiger partial charge in [-0.15, -0.1) is 6.58 Å². The van der Waals surface area contributed by atoms with Crippen LogP contribution in [0.4, 0.5) is 5.69 Å². The number of benzene rings is 1. The topological polar surface area (TPSA) is 67.1 Å². The molecule has 0 saturated carbocycles. The highest BCUT2D eigenvalue weighted by atomic mass is 16.2. The summed E-state index contributed by atoms with van der Waals surface area (Å²) >= 11 is 0. The average molecular weight is 273 g/mol. The van der Waals surface area contributed by atoms with Gasteiger partial charge in [-0.3, -0.25) is 4.79 Å². The monoisotopic (exact) mass is 273 g/mol. The van der Waals surface area contributed by atoms with Gasteiger partial charge in [0.2, 0.25) is 5.91 Å². The van der Waals surface area contributed by atoms with E-state index in [0.29, 0.717) is 12.1 Å². The lowest BCUT2D eigenvalue weighted by Crippen LogP contribution is -2.38. The first-order valence-electron chi connectivity index (χ1n) is 6.64. The Morgan fingerprint density at radius 3 is 2.75 bits per heavy atom. The van der Waals surface area contributed by atoms with Crippen LogP contribution < -0.4 is 16.4 Å². The molecule has 0 aromatic heterocycles. The van der Waals surface area contributed by atoms with Gasteiger partial charge in [-0.1, -0.05) is 24.8 Å². The van der Waals surface area contributed by atoms with E-state index < -0.39 is 0 Å². The predicted molar refractivity (Wildman–Crippen MR) is 85.3 cm³/mol. The SMILES string of the molecule is C=CCCC(Nc1cccc(C)c1C(=C)N)C(=O)NC. The molecule has 0 spiro atoms. The van der Waals surface area contributed by atoms with Crippen molar-refractivity contribution in [3.05, 3.63) is 48.6 Å². The number of amides is 1. The second-order valence-electron chi connectivity index (χ2n) is 4.70. The molecule has 0 aliphatic rings. The van der Waals surface area contributed by atoms with E-state index in [4.69, 9.17) is 5.73 Å². The van der Waals surface area contributed by atoms with Crippen molar-refractivity contribution in [2.75, 3.05) is 12.4 Å². The van der Waals surface area contributed by atoms with E-state index in [1.54, 1.807) is 13.1 Å². The van der Waals surface area contributed by atoms with Gasteiger partial charge in [0.05, 0.1) is 0 Å². The second kappa shape index (κ2) is 7.38. The summed E-state index contributed by atoms with van der Waals surface area (Å²) in [4.78, 5) is 11.9. The van der Waals surface area contributed by atoms with Gasteiger partial charge in [0.25, 0.3) is 0 Å². The van der Waals surface area contributed by atoms with E-state index in [1.807, 2.05) is 25.1 Å². The maximum atomic E-state index is 11.9. The van der Waals surface area contributed by atoms with Crippen LogP contribution in [0.3, 0.4) is 0 Å². The van der Waals surface area contributed by atoms with Gasteiger partial charge in [-0.05, 0) is 31.4 Å². The zero-order valence-corrected chi connectivity index (χ0v) is 12.2. The Labute approximate surface area is 120 Å². The highest BCUT2D eigenvalue weighted by Crippen LogP contribution is 2.25. The fourth-order valence-corrected chi connectivity index (χ4v) is 2.13. The minimum absolute atomic E-state index is 0.0538. The van der Waals surface area contributed by atoms with Gasteiger partial charge in [0.15, 0.2) is 0 Å². The van der Waals surface area contributed by atoms with Crippen molar-refractivity contribution >= 4 is 17.3 Å². The van der Waals surface area contributed by atoms with E-state index in [-0.39, 0.29) is 11.9 Å². The molecule has 4 heteroatoms. The molecule has 0 fully saturated rings. The average Bonchev–Trinajstić information content (AvgIpc) is 2.42. The van der Waals surface area contributed by atoms with Crippen LogP contribution in [0, 0.1) is 6.92 Å². The number of likely N-dealkylation sites (N-methyl/N-ethyl adjacent to an activating group) is 1. The second-order valence-corrected chi connectivity index (χ2v) is 4.70. The van der Waals surface area contributed by atoms with Gasteiger partial charge in [-0.2, -0.15) is 0 Å². The third-order valence-electron chi connectivity index (χ3n) is 3.15. The molecule has 1 rings (SSSR count).